The molecule has 3 nitrogen and oxygen atoms in total. The normalized spacial score (nSPS) is 11.2. The fourth-order valence-electron chi connectivity index (χ4n) is 1.73. The van der Waals surface area contributed by atoms with Gasteiger partial charge in [-0.15, -0.1) is 11.3 Å². The summed E-state index contributed by atoms with van der Waals surface area (Å²) in [5.74, 6) is 0. The molecule has 18 heavy (non-hydrogen) atoms. The van der Waals surface area contributed by atoms with Crippen LogP contribution in [0.25, 0.3) is 10.7 Å². The molecule has 2 aromatic rings. The Morgan fingerprint density at radius 1 is 1.33 bits per heavy atom. The van der Waals surface area contributed by atoms with Gasteiger partial charge in [0.25, 0.3) is 0 Å². The van der Waals surface area contributed by atoms with Crippen LogP contribution in [0, 0.1) is 11.3 Å². The van der Waals surface area contributed by atoms with Crippen molar-refractivity contribution in [1.29, 1.82) is 5.26 Å². The third kappa shape index (κ3) is 2.57. The summed E-state index contributed by atoms with van der Waals surface area (Å²) < 4.78 is 0. The molecule has 0 aromatic carbocycles. The summed E-state index contributed by atoms with van der Waals surface area (Å²) in [5.41, 5.74) is 1.84. The number of pyridine rings is 1. The number of nitrogens with zero attached hydrogens (tertiary/aromatic N) is 3. The zero-order chi connectivity index (χ0) is 13.2. The Bertz CT molecular complexity index is 573. The lowest BCUT2D eigenvalue weighted by Gasteiger charge is -2.16. The van der Waals surface area contributed by atoms with Gasteiger partial charge in [0.2, 0.25) is 0 Å². The monoisotopic (exact) mass is 257 g/mol. The molecular formula is C14H15N3S. The van der Waals surface area contributed by atoms with Crippen LogP contribution >= 0.6 is 11.3 Å². The third-order valence-electron chi connectivity index (χ3n) is 2.53. The molecule has 0 amide bonds. The Morgan fingerprint density at radius 3 is 2.67 bits per heavy atom. The van der Waals surface area contributed by atoms with Crippen LogP contribution in [0.1, 0.15) is 31.3 Å². The number of aromatic nitrogens is 2. The molecule has 0 aliphatic carbocycles. The minimum atomic E-state index is -0.0459. The van der Waals surface area contributed by atoms with Crippen molar-refractivity contribution < 1.29 is 0 Å². The van der Waals surface area contributed by atoms with E-state index in [-0.39, 0.29) is 5.41 Å². The van der Waals surface area contributed by atoms with E-state index >= 15 is 0 Å². The number of rotatable bonds is 2. The van der Waals surface area contributed by atoms with Crippen molar-refractivity contribution in [2.45, 2.75) is 32.6 Å². The second-order valence-electron chi connectivity index (χ2n) is 5.09. The number of hydrogen-bond acceptors (Lipinski definition) is 4. The first-order valence-electron chi connectivity index (χ1n) is 5.81. The lowest BCUT2D eigenvalue weighted by Crippen LogP contribution is -2.13. The number of hydrogen-bond donors (Lipinski definition) is 0. The lowest BCUT2D eigenvalue weighted by molar-refractivity contribution is 0.568. The second kappa shape index (κ2) is 4.87. The number of nitriles is 1. The van der Waals surface area contributed by atoms with E-state index in [4.69, 9.17) is 5.26 Å². The molecule has 0 fully saturated rings. The van der Waals surface area contributed by atoms with E-state index in [1.165, 1.54) is 0 Å². The topological polar surface area (TPSA) is 49.6 Å². The van der Waals surface area contributed by atoms with Gasteiger partial charge >= 0.3 is 0 Å². The molecule has 2 heterocycles. The van der Waals surface area contributed by atoms with Gasteiger partial charge in [-0.1, -0.05) is 26.8 Å². The average molecular weight is 257 g/mol. The molecule has 0 N–H and O–H groups in total. The van der Waals surface area contributed by atoms with E-state index in [1.807, 2.05) is 18.2 Å². The Balaban J connectivity index is 2.50. The molecule has 2 rings (SSSR count). The Hall–Kier alpha value is -1.73. The quantitative estimate of drug-likeness (QED) is 0.826. The van der Waals surface area contributed by atoms with Gasteiger partial charge in [0.15, 0.2) is 0 Å². The standard InChI is InChI=1S/C14H15N3S/c1-14(2,3)12-11(7-8-15)18-13(17-12)10-6-4-5-9-16-10/h4-6,9H,7H2,1-3H3. The summed E-state index contributed by atoms with van der Waals surface area (Å²) in [6.07, 6.45) is 2.18. The first-order valence-corrected chi connectivity index (χ1v) is 6.62. The molecule has 0 atom stereocenters. The molecule has 4 heteroatoms. The smallest absolute Gasteiger partial charge is 0.142 e. The lowest BCUT2D eigenvalue weighted by atomic mass is 9.91. The average Bonchev–Trinajstić information content (AvgIpc) is 2.75. The highest BCUT2D eigenvalue weighted by molar-refractivity contribution is 7.15. The molecule has 0 radical (unpaired) electrons. The van der Waals surface area contributed by atoms with Crippen LogP contribution in [0.2, 0.25) is 0 Å². The van der Waals surface area contributed by atoms with Gasteiger partial charge in [-0.05, 0) is 12.1 Å². The van der Waals surface area contributed by atoms with Crippen molar-refractivity contribution in [3.05, 3.63) is 35.0 Å². The Kier molecular flexibility index (Phi) is 3.44. The highest BCUT2D eigenvalue weighted by Crippen LogP contribution is 2.33. The molecule has 92 valence electrons. The van der Waals surface area contributed by atoms with Crippen molar-refractivity contribution >= 4 is 11.3 Å². The molecule has 2 aromatic heterocycles. The van der Waals surface area contributed by atoms with E-state index in [0.717, 1.165) is 21.3 Å². The molecule has 0 aliphatic rings. The van der Waals surface area contributed by atoms with E-state index in [2.05, 4.69) is 36.8 Å². The Labute approximate surface area is 111 Å². The molecule has 0 saturated carbocycles. The summed E-state index contributed by atoms with van der Waals surface area (Å²) in [7, 11) is 0. The molecule has 0 spiro atoms. The summed E-state index contributed by atoms with van der Waals surface area (Å²) in [4.78, 5) is 10.0. The van der Waals surface area contributed by atoms with E-state index in [0.29, 0.717) is 6.42 Å². The van der Waals surface area contributed by atoms with Gasteiger partial charge in [0, 0.05) is 16.5 Å². The minimum Gasteiger partial charge on any atom is -0.254 e. The van der Waals surface area contributed by atoms with Crippen LogP contribution in [0.5, 0.6) is 0 Å². The summed E-state index contributed by atoms with van der Waals surface area (Å²) in [6, 6.07) is 7.99. The van der Waals surface area contributed by atoms with Crippen molar-refractivity contribution in [1.82, 2.24) is 9.97 Å². The summed E-state index contributed by atoms with van der Waals surface area (Å²) >= 11 is 1.57. The van der Waals surface area contributed by atoms with Gasteiger partial charge < -0.3 is 0 Å². The first kappa shape index (κ1) is 12.7. The zero-order valence-corrected chi connectivity index (χ0v) is 11.6. The fraction of sp³-hybridized carbons (Fsp3) is 0.357. The third-order valence-corrected chi connectivity index (χ3v) is 3.61. The maximum Gasteiger partial charge on any atom is 0.142 e. The van der Waals surface area contributed by atoms with Crippen LogP contribution in [0.3, 0.4) is 0 Å². The van der Waals surface area contributed by atoms with E-state index < -0.39 is 0 Å². The van der Waals surface area contributed by atoms with Gasteiger partial charge in [-0.3, -0.25) is 4.98 Å². The highest BCUT2D eigenvalue weighted by atomic mass is 32.1. The largest absolute Gasteiger partial charge is 0.254 e. The van der Waals surface area contributed by atoms with Crippen molar-refractivity contribution in [2.24, 2.45) is 0 Å². The minimum absolute atomic E-state index is 0.0459. The highest BCUT2D eigenvalue weighted by Gasteiger charge is 2.23. The summed E-state index contributed by atoms with van der Waals surface area (Å²) in [6.45, 7) is 6.35. The first-order chi connectivity index (χ1) is 8.52. The van der Waals surface area contributed by atoms with Crippen molar-refractivity contribution in [2.75, 3.05) is 0 Å². The molecule has 0 saturated heterocycles. The number of thiazole rings is 1. The SMILES string of the molecule is CC(C)(C)c1nc(-c2ccccn2)sc1CC#N. The predicted octanol–water partition coefficient (Wildman–Crippen LogP) is 3.57. The molecule has 0 bridgehead atoms. The van der Waals surface area contributed by atoms with Gasteiger partial charge in [0.05, 0.1) is 23.9 Å². The van der Waals surface area contributed by atoms with Crippen molar-refractivity contribution in [3.63, 3.8) is 0 Å². The van der Waals surface area contributed by atoms with Crippen LogP contribution in [0.15, 0.2) is 24.4 Å². The maximum absolute atomic E-state index is 8.90. The second-order valence-corrected chi connectivity index (χ2v) is 6.17. The predicted molar refractivity (Wildman–Crippen MR) is 73.4 cm³/mol. The molecule has 0 unspecified atom stereocenters. The van der Waals surface area contributed by atoms with Crippen LogP contribution in [0.4, 0.5) is 0 Å². The Morgan fingerprint density at radius 2 is 2.11 bits per heavy atom. The van der Waals surface area contributed by atoms with Gasteiger partial charge in [0.1, 0.15) is 5.01 Å². The van der Waals surface area contributed by atoms with Crippen molar-refractivity contribution in [3.8, 4) is 16.8 Å². The van der Waals surface area contributed by atoms with Crippen LogP contribution in [-0.4, -0.2) is 9.97 Å². The van der Waals surface area contributed by atoms with Gasteiger partial charge in [-0.2, -0.15) is 5.26 Å². The molecule has 0 aliphatic heterocycles. The molecular weight excluding hydrogens is 242 g/mol. The summed E-state index contributed by atoms with van der Waals surface area (Å²) in [5, 5.41) is 9.80. The van der Waals surface area contributed by atoms with E-state index in [1.54, 1.807) is 17.5 Å². The fourth-order valence-corrected chi connectivity index (χ4v) is 2.91. The van der Waals surface area contributed by atoms with Gasteiger partial charge in [-0.25, -0.2) is 4.98 Å². The van der Waals surface area contributed by atoms with Crippen LogP contribution in [-0.2, 0) is 11.8 Å². The maximum atomic E-state index is 8.90. The zero-order valence-electron chi connectivity index (χ0n) is 10.8. The van der Waals surface area contributed by atoms with Crippen LogP contribution < -0.4 is 0 Å². The van der Waals surface area contributed by atoms with E-state index in [9.17, 15) is 0 Å².